The van der Waals surface area contributed by atoms with Crippen LogP contribution in [-0.2, 0) is 9.53 Å². The summed E-state index contributed by atoms with van der Waals surface area (Å²) in [5.41, 5.74) is 0.530. The van der Waals surface area contributed by atoms with Crippen molar-refractivity contribution in [2.24, 2.45) is 0 Å². The fraction of sp³-hybridized carbons (Fsp3) is 0.182. The van der Waals surface area contributed by atoms with E-state index in [4.69, 9.17) is 4.74 Å². The highest BCUT2D eigenvalue weighted by Gasteiger charge is 2.42. The molecule has 76 valence electrons. The molecule has 2 atom stereocenters. The normalized spacial score (nSPS) is 28.5. The van der Waals surface area contributed by atoms with Crippen molar-refractivity contribution < 1.29 is 9.53 Å². The molecule has 0 aromatic heterocycles. The van der Waals surface area contributed by atoms with Gasteiger partial charge in [-0.3, -0.25) is 9.69 Å². The maximum absolute atomic E-state index is 11.9. The Labute approximate surface area is 91.7 Å². The summed E-state index contributed by atoms with van der Waals surface area (Å²) >= 11 is 1.42. The number of hydrogen-bond acceptors (Lipinski definition) is 3. The van der Waals surface area contributed by atoms with Crippen LogP contribution in [0.4, 0.5) is 5.69 Å². The Kier molecular flexibility index (Phi) is 2.04. The highest BCUT2D eigenvalue weighted by Crippen LogP contribution is 2.35. The van der Waals surface area contributed by atoms with Crippen LogP contribution in [0.3, 0.4) is 0 Å². The number of ether oxygens (including phenoxy) is 1. The van der Waals surface area contributed by atoms with Crippen molar-refractivity contribution in [3.8, 4) is 0 Å². The molecular formula is C11H9NO2S. The Morgan fingerprint density at radius 3 is 2.80 bits per heavy atom. The zero-order chi connectivity index (χ0) is 10.3. The first-order chi connectivity index (χ1) is 7.36. The van der Waals surface area contributed by atoms with Gasteiger partial charge in [0, 0.05) is 5.69 Å². The van der Waals surface area contributed by atoms with Gasteiger partial charge in [0.2, 0.25) is 0 Å². The molecule has 1 saturated heterocycles. The first-order valence-corrected chi connectivity index (χ1v) is 5.66. The fourth-order valence-corrected chi connectivity index (χ4v) is 2.53. The minimum atomic E-state index is -0.361. The van der Waals surface area contributed by atoms with Gasteiger partial charge in [-0.1, -0.05) is 30.0 Å². The Morgan fingerprint density at radius 1 is 1.27 bits per heavy atom. The van der Waals surface area contributed by atoms with E-state index in [1.807, 2.05) is 41.8 Å². The summed E-state index contributed by atoms with van der Waals surface area (Å²) in [5, 5.41) is 1.93. The lowest BCUT2D eigenvalue weighted by atomic mass is 10.3. The summed E-state index contributed by atoms with van der Waals surface area (Å²) in [4.78, 5) is 13.6. The van der Waals surface area contributed by atoms with Crippen LogP contribution in [-0.4, -0.2) is 17.6 Å². The van der Waals surface area contributed by atoms with Gasteiger partial charge < -0.3 is 4.74 Å². The number of rotatable bonds is 1. The Bertz CT molecular complexity index is 418. The number of anilines is 1. The van der Waals surface area contributed by atoms with E-state index in [2.05, 4.69) is 0 Å². The van der Waals surface area contributed by atoms with Gasteiger partial charge in [-0.15, -0.1) is 0 Å². The van der Waals surface area contributed by atoms with Crippen LogP contribution < -0.4 is 4.90 Å². The Hall–Kier alpha value is -1.26. The molecule has 0 saturated carbocycles. The van der Waals surface area contributed by atoms with Crippen LogP contribution in [0.1, 0.15) is 0 Å². The zero-order valence-electron chi connectivity index (χ0n) is 7.87. The molecule has 1 aromatic rings. The summed E-state index contributed by atoms with van der Waals surface area (Å²) in [7, 11) is 0. The van der Waals surface area contributed by atoms with Gasteiger partial charge >= 0.3 is 0 Å². The van der Waals surface area contributed by atoms with Crippen LogP contribution in [0.5, 0.6) is 0 Å². The Morgan fingerprint density at radius 2 is 2.07 bits per heavy atom. The molecule has 3 rings (SSSR count). The summed E-state index contributed by atoms with van der Waals surface area (Å²) in [6, 6.07) is 9.60. The van der Waals surface area contributed by atoms with E-state index in [-0.39, 0.29) is 17.6 Å². The van der Waals surface area contributed by atoms with E-state index >= 15 is 0 Å². The molecule has 1 aromatic carbocycles. The van der Waals surface area contributed by atoms with E-state index in [0.717, 1.165) is 5.69 Å². The standard InChI is InChI=1S/C11H9NO2S/c13-10-11-14-9(6-7-15-11)12(10)8-4-2-1-3-5-8/h1-7,9,11H. The molecule has 0 spiro atoms. The summed E-state index contributed by atoms with van der Waals surface area (Å²) < 4.78 is 5.53. The van der Waals surface area contributed by atoms with E-state index < -0.39 is 0 Å². The molecule has 2 aliphatic heterocycles. The van der Waals surface area contributed by atoms with Crippen molar-refractivity contribution in [2.45, 2.75) is 11.7 Å². The van der Waals surface area contributed by atoms with Crippen molar-refractivity contribution >= 4 is 23.4 Å². The second-order valence-electron chi connectivity index (χ2n) is 3.37. The lowest BCUT2D eigenvalue weighted by Crippen LogP contribution is -2.32. The topological polar surface area (TPSA) is 29.5 Å². The maximum Gasteiger partial charge on any atom is 0.269 e. The van der Waals surface area contributed by atoms with E-state index in [0.29, 0.717) is 0 Å². The van der Waals surface area contributed by atoms with E-state index in [1.165, 1.54) is 11.8 Å². The van der Waals surface area contributed by atoms with E-state index in [1.54, 1.807) is 4.90 Å². The van der Waals surface area contributed by atoms with Gasteiger partial charge in [0.25, 0.3) is 5.91 Å². The minimum absolute atomic E-state index is 0.0289. The largest absolute Gasteiger partial charge is 0.330 e. The van der Waals surface area contributed by atoms with E-state index in [9.17, 15) is 4.79 Å². The quantitative estimate of drug-likeness (QED) is 0.723. The average molecular weight is 219 g/mol. The van der Waals surface area contributed by atoms with Gasteiger partial charge in [0.1, 0.15) is 0 Å². The molecule has 2 unspecified atom stereocenters. The van der Waals surface area contributed by atoms with Gasteiger partial charge in [0.15, 0.2) is 11.7 Å². The van der Waals surface area contributed by atoms with Crippen LogP contribution in [0, 0.1) is 0 Å². The molecule has 0 radical (unpaired) electrons. The number of thioether (sulfide) groups is 1. The van der Waals surface area contributed by atoms with Crippen LogP contribution in [0.15, 0.2) is 41.8 Å². The second-order valence-corrected chi connectivity index (χ2v) is 4.34. The predicted octanol–water partition coefficient (Wildman–Crippen LogP) is 1.96. The molecule has 2 aliphatic rings. The lowest BCUT2D eigenvalue weighted by Gasteiger charge is -2.20. The molecule has 0 N–H and O–H groups in total. The highest BCUT2D eigenvalue weighted by atomic mass is 32.2. The smallest absolute Gasteiger partial charge is 0.269 e. The first kappa shape index (κ1) is 9.00. The molecule has 4 heteroatoms. The average Bonchev–Trinajstić information content (AvgIpc) is 2.51. The first-order valence-electron chi connectivity index (χ1n) is 4.72. The van der Waals surface area contributed by atoms with Crippen LogP contribution in [0.25, 0.3) is 0 Å². The molecule has 3 nitrogen and oxygen atoms in total. The molecule has 15 heavy (non-hydrogen) atoms. The summed E-state index contributed by atoms with van der Waals surface area (Å²) in [5.74, 6) is 0.0289. The summed E-state index contributed by atoms with van der Waals surface area (Å²) in [6.45, 7) is 0. The van der Waals surface area contributed by atoms with Gasteiger partial charge in [-0.05, 0) is 23.6 Å². The SMILES string of the molecule is O=C1C2OC(C=CS2)N1c1ccccc1. The number of carbonyl (C=O) groups excluding carboxylic acids is 1. The molecule has 0 aliphatic carbocycles. The predicted molar refractivity (Wildman–Crippen MR) is 59.3 cm³/mol. The van der Waals surface area contributed by atoms with Crippen molar-refractivity contribution in [1.82, 2.24) is 0 Å². The molecule has 2 bridgehead atoms. The number of carbonyl (C=O) groups is 1. The number of nitrogens with zero attached hydrogens (tertiary/aromatic N) is 1. The van der Waals surface area contributed by atoms with Gasteiger partial charge in [-0.2, -0.15) is 0 Å². The van der Waals surface area contributed by atoms with Gasteiger partial charge in [0.05, 0.1) is 0 Å². The molecule has 2 heterocycles. The lowest BCUT2D eigenvalue weighted by molar-refractivity contribution is -0.118. The third kappa shape index (κ3) is 1.37. The van der Waals surface area contributed by atoms with Crippen molar-refractivity contribution in [3.05, 3.63) is 41.8 Å². The zero-order valence-corrected chi connectivity index (χ0v) is 8.68. The number of fused-ring (bicyclic) bond motifs is 2. The molecular weight excluding hydrogens is 210 g/mol. The monoisotopic (exact) mass is 219 g/mol. The Balaban J connectivity index is 2.00. The van der Waals surface area contributed by atoms with Crippen molar-refractivity contribution in [2.75, 3.05) is 4.90 Å². The van der Waals surface area contributed by atoms with Crippen molar-refractivity contribution in [3.63, 3.8) is 0 Å². The maximum atomic E-state index is 11.9. The third-order valence-electron chi connectivity index (χ3n) is 2.44. The second kappa shape index (κ2) is 3.40. The minimum Gasteiger partial charge on any atom is -0.330 e. The summed E-state index contributed by atoms with van der Waals surface area (Å²) in [6.07, 6.45) is 1.67. The number of hydrogen-bond donors (Lipinski definition) is 0. The van der Waals surface area contributed by atoms with Gasteiger partial charge in [-0.25, -0.2) is 0 Å². The number of amides is 1. The molecule has 1 fully saturated rings. The highest BCUT2D eigenvalue weighted by molar-refractivity contribution is 8.03. The van der Waals surface area contributed by atoms with Crippen molar-refractivity contribution in [1.29, 1.82) is 0 Å². The van der Waals surface area contributed by atoms with Crippen LogP contribution >= 0.6 is 11.8 Å². The number of para-hydroxylation sites is 1. The van der Waals surface area contributed by atoms with Crippen LogP contribution in [0.2, 0.25) is 0 Å². The molecule has 1 amide bonds. The third-order valence-corrected chi connectivity index (χ3v) is 3.31. The number of benzene rings is 1. The fourth-order valence-electron chi connectivity index (χ4n) is 1.75.